The maximum Gasteiger partial charge on any atom is 0.127 e. The third-order valence-corrected chi connectivity index (χ3v) is 6.60. The zero-order valence-corrected chi connectivity index (χ0v) is 18.9. The molecule has 30 heavy (non-hydrogen) atoms. The second-order valence-corrected chi connectivity index (χ2v) is 9.02. The van der Waals surface area contributed by atoms with E-state index in [0.717, 1.165) is 58.2 Å². The summed E-state index contributed by atoms with van der Waals surface area (Å²) in [5.41, 5.74) is 3.92. The Kier molecular flexibility index (Phi) is 7.32. The summed E-state index contributed by atoms with van der Waals surface area (Å²) in [5.74, 6) is 2.06. The number of hydrogen-bond acceptors (Lipinski definition) is 4. The van der Waals surface area contributed by atoms with Crippen LogP contribution in [0.15, 0.2) is 30.3 Å². The van der Waals surface area contributed by atoms with Crippen molar-refractivity contribution in [2.45, 2.75) is 58.4 Å². The van der Waals surface area contributed by atoms with Crippen LogP contribution in [0.4, 0.5) is 11.5 Å². The summed E-state index contributed by atoms with van der Waals surface area (Å²) in [6.45, 7) is 7.92. The lowest BCUT2D eigenvalue weighted by molar-refractivity contribution is 0.122. The molecule has 0 atom stereocenters. The topological polar surface area (TPSA) is 33.5 Å². The molecule has 2 aliphatic rings. The number of morpholine rings is 1. The van der Waals surface area contributed by atoms with Gasteiger partial charge in [0, 0.05) is 45.0 Å². The molecule has 164 valence electrons. The van der Waals surface area contributed by atoms with Gasteiger partial charge in [-0.1, -0.05) is 44.7 Å². The first-order chi connectivity index (χ1) is 14.7. The van der Waals surface area contributed by atoms with Gasteiger partial charge >= 0.3 is 0 Å². The van der Waals surface area contributed by atoms with Gasteiger partial charge in [-0.15, -0.1) is 0 Å². The summed E-state index contributed by atoms with van der Waals surface area (Å²) in [6, 6.07) is 11.4. The summed E-state index contributed by atoms with van der Waals surface area (Å²) in [6.07, 6.45) is 9.10. The highest BCUT2D eigenvalue weighted by Crippen LogP contribution is 2.28. The third kappa shape index (κ3) is 5.37. The second-order valence-electron chi connectivity index (χ2n) is 9.02. The largest absolute Gasteiger partial charge is 0.378 e. The van der Waals surface area contributed by atoms with Gasteiger partial charge in [0.05, 0.1) is 18.9 Å². The Labute approximate surface area is 182 Å². The van der Waals surface area contributed by atoms with E-state index in [1.165, 1.54) is 54.9 Å². The maximum atomic E-state index is 5.53. The Balaban J connectivity index is 1.54. The number of ether oxygens (including phenoxy) is 1. The van der Waals surface area contributed by atoms with Crippen molar-refractivity contribution >= 4 is 11.5 Å². The van der Waals surface area contributed by atoms with Gasteiger partial charge in [-0.25, -0.2) is 0 Å². The van der Waals surface area contributed by atoms with E-state index in [1.54, 1.807) is 0 Å². The van der Waals surface area contributed by atoms with Crippen molar-refractivity contribution in [3.63, 3.8) is 0 Å². The fourth-order valence-electron chi connectivity index (χ4n) is 5.00. The van der Waals surface area contributed by atoms with Gasteiger partial charge in [0.15, 0.2) is 0 Å². The lowest BCUT2D eigenvalue weighted by Gasteiger charge is -2.32. The summed E-state index contributed by atoms with van der Waals surface area (Å²) in [4.78, 5) is 5.03. The highest BCUT2D eigenvalue weighted by molar-refractivity contribution is 5.50. The Morgan fingerprint density at radius 2 is 1.90 bits per heavy atom. The van der Waals surface area contributed by atoms with Crippen LogP contribution in [0.25, 0.3) is 0 Å². The molecular formula is C25H38N4O. The second kappa shape index (κ2) is 10.3. The summed E-state index contributed by atoms with van der Waals surface area (Å²) < 4.78 is 7.63. The number of anilines is 2. The zero-order valence-electron chi connectivity index (χ0n) is 18.9. The predicted octanol–water partition coefficient (Wildman–Crippen LogP) is 4.80. The van der Waals surface area contributed by atoms with Gasteiger partial charge in [-0.05, 0) is 42.9 Å². The zero-order chi connectivity index (χ0) is 20.8. The molecule has 1 aliphatic carbocycles. The minimum absolute atomic E-state index is 0.797. The van der Waals surface area contributed by atoms with Gasteiger partial charge < -0.3 is 14.5 Å². The van der Waals surface area contributed by atoms with Crippen LogP contribution >= 0.6 is 0 Å². The number of aromatic nitrogens is 2. The van der Waals surface area contributed by atoms with Crippen LogP contribution in [-0.4, -0.2) is 42.6 Å². The van der Waals surface area contributed by atoms with E-state index in [4.69, 9.17) is 9.84 Å². The molecule has 0 amide bonds. The first kappa shape index (κ1) is 21.2. The number of rotatable bonds is 8. The van der Waals surface area contributed by atoms with E-state index >= 15 is 0 Å². The molecular weight excluding hydrogens is 372 g/mol. The average Bonchev–Trinajstić information content (AvgIpc) is 3.15. The molecule has 5 heteroatoms. The minimum atomic E-state index is 0.797. The fourth-order valence-corrected chi connectivity index (χ4v) is 5.00. The van der Waals surface area contributed by atoms with Crippen LogP contribution in [0, 0.1) is 5.92 Å². The molecule has 4 rings (SSSR count). The molecule has 2 fully saturated rings. The SMILES string of the molecule is CCCc1cc(N(Cc2cccc(N3CCOCC3)c2)CC2CCCCC2)n(C)n1. The van der Waals surface area contributed by atoms with Crippen molar-refractivity contribution in [1.29, 1.82) is 0 Å². The van der Waals surface area contributed by atoms with Crippen LogP contribution in [0.1, 0.15) is 56.7 Å². The first-order valence-electron chi connectivity index (χ1n) is 11.9. The molecule has 1 saturated heterocycles. The van der Waals surface area contributed by atoms with Gasteiger partial charge in [-0.3, -0.25) is 4.68 Å². The normalized spacial score (nSPS) is 18.0. The predicted molar refractivity (Wildman–Crippen MR) is 124 cm³/mol. The van der Waals surface area contributed by atoms with Crippen molar-refractivity contribution in [2.75, 3.05) is 42.6 Å². The molecule has 1 aliphatic heterocycles. The quantitative estimate of drug-likeness (QED) is 0.626. The highest BCUT2D eigenvalue weighted by Gasteiger charge is 2.21. The van der Waals surface area contributed by atoms with Crippen LogP contribution in [0.3, 0.4) is 0 Å². The van der Waals surface area contributed by atoms with Crippen molar-refractivity contribution in [3.05, 3.63) is 41.6 Å². The molecule has 0 spiro atoms. The number of hydrogen-bond donors (Lipinski definition) is 0. The molecule has 1 aromatic heterocycles. The lowest BCUT2D eigenvalue weighted by atomic mass is 9.89. The highest BCUT2D eigenvalue weighted by atomic mass is 16.5. The Hall–Kier alpha value is -2.01. The molecule has 2 aromatic rings. The van der Waals surface area contributed by atoms with Crippen molar-refractivity contribution in [1.82, 2.24) is 9.78 Å². The van der Waals surface area contributed by atoms with Crippen molar-refractivity contribution in [2.24, 2.45) is 13.0 Å². The molecule has 2 heterocycles. The average molecular weight is 411 g/mol. The summed E-state index contributed by atoms with van der Waals surface area (Å²) >= 11 is 0. The smallest absolute Gasteiger partial charge is 0.127 e. The number of nitrogens with zero attached hydrogens (tertiary/aromatic N) is 4. The van der Waals surface area contributed by atoms with Crippen LogP contribution in [-0.2, 0) is 24.8 Å². The molecule has 0 bridgehead atoms. The number of benzene rings is 1. The van der Waals surface area contributed by atoms with E-state index in [0.29, 0.717) is 0 Å². The van der Waals surface area contributed by atoms with Crippen molar-refractivity contribution in [3.8, 4) is 0 Å². The maximum absolute atomic E-state index is 5.53. The molecule has 0 unspecified atom stereocenters. The van der Waals surface area contributed by atoms with E-state index in [9.17, 15) is 0 Å². The van der Waals surface area contributed by atoms with Gasteiger partial charge in [-0.2, -0.15) is 5.10 Å². The molecule has 0 N–H and O–H groups in total. The fraction of sp³-hybridized carbons (Fsp3) is 0.640. The van der Waals surface area contributed by atoms with E-state index in [2.05, 4.69) is 58.8 Å². The molecule has 0 radical (unpaired) electrons. The van der Waals surface area contributed by atoms with Gasteiger partial charge in [0.2, 0.25) is 0 Å². The van der Waals surface area contributed by atoms with Crippen LogP contribution in [0.2, 0.25) is 0 Å². The van der Waals surface area contributed by atoms with Crippen LogP contribution in [0.5, 0.6) is 0 Å². The molecule has 1 aromatic carbocycles. The molecule has 5 nitrogen and oxygen atoms in total. The minimum Gasteiger partial charge on any atom is -0.378 e. The van der Waals surface area contributed by atoms with E-state index in [-0.39, 0.29) is 0 Å². The lowest BCUT2D eigenvalue weighted by Crippen LogP contribution is -2.36. The van der Waals surface area contributed by atoms with E-state index in [1.807, 2.05) is 0 Å². The summed E-state index contributed by atoms with van der Waals surface area (Å²) in [5, 5.41) is 4.80. The molecule has 1 saturated carbocycles. The Morgan fingerprint density at radius 1 is 1.10 bits per heavy atom. The Bertz CT molecular complexity index is 790. The first-order valence-corrected chi connectivity index (χ1v) is 11.9. The van der Waals surface area contributed by atoms with Crippen molar-refractivity contribution < 1.29 is 4.74 Å². The van der Waals surface area contributed by atoms with Gasteiger partial charge in [0.25, 0.3) is 0 Å². The number of aryl methyl sites for hydroxylation is 2. The van der Waals surface area contributed by atoms with Crippen LogP contribution < -0.4 is 9.80 Å². The monoisotopic (exact) mass is 410 g/mol. The van der Waals surface area contributed by atoms with Gasteiger partial charge in [0.1, 0.15) is 5.82 Å². The van der Waals surface area contributed by atoms with E-state index < -0.39 is 0 Å². The standard InChI is InChI=1S/C25H38N4O/c1-3-8-23-18-25(27(2)26-23)29(19-21-9-5-4-6-10-21)20-22-11-7-12-24(17-22)28-13-15-30-16-14-28/h7,11-12,17-18,21H,3-6,8-10,13-16,19-20H2,1-2H3. The third-order valence-electron chi connectivity index (χ3n) is 6.60. The summed E-state index contributed by atoms with van der Waals surface area (Å²) in [7, 11) is 2.10. The Morgan fingerprint density at radius 3 is 2.67 bits per heavy atom.